The van der Waals surface area contributed by atoms with Gasteiger partial charge in [0.05, 0.1) is 12.2 Å². The number of rotatable bonds is 2. The van der Waals surface area contributed by atoms with Gasteiger partial charge in [0.15, 0.2) is 17.7 Å². The van der Waals surface area contributed by atoms with Gasteiger partial charge in [0, 0.05) is 22.3 Å². The highest BCUT2D eigenvalue weighted by Gasteiger charge is 2.76. The van der Waals surface area contributed by atoms with Crippen molar-refractivity contribution in [2.24, 2.45) is 28.6 Å². The van der Waals surface area contributed by atoms with Crippen molar-refractivity contribution in [3.63, 3.8) is 0 Å². The van der Waals surface area contributed by atoms with E-state index in [0.29, 0.717) is 18.4 Å². The lowest BCUT2D eigenvalue weighted by Crippen LogP contribution is -2.62. The fourth-order valence-electron chi connectivity index (χ4n) is 8.37. The summed E-state index contributed by atoms with van der Waals surface area (Å²) in [4.78, 5) is 25.7. The van der Waals surface area contributed by atoms with E-state index in [1.165, 1.54) is 6.07 Å². The molecule has 0 amide bonds. The van der Waals surface area contributed by atoms with Gasteiger partial charge in [-0.25, -0.2) is 4.39 Å². The Morgan fingerprint density at radius 3 is 2.77 bits per heavy atom. The third kappa shape index (κ3) is 2.98. The molecule has 35 heavy (non-hydrogen) atoms. The van der Waals surface area contributed by atoms with E-state index in [9.17, 15) is 19.1 Å². The molecule has 1 saturated heterocycles. The molecule has 1 heterocycles. The van der Waals surface area contributed by atoms with Crippen LogP contribution < -0.4 is 0 Å². The number of hydrogen-bond donors (Lipinski definition) is 1. The standard InChI is InChI=1S/C28H31FO5S/c1-26-11-10-16(30)12-15(26)8-9-17-19-13-22-28(25(32)35-3,27(19,2)14-21(31)23(17)26)34-24(33-22)18-6-4-5-7-20(18)29/h4-7,10-12,17,19,21-24,31H,8-9,13-14H2,1-3H3/t17-,19-,21-,22+,23+,24?,26-,27-,28-/m0/s1. The number of fused-ring (bicyclic) bond motifs is 7. The Bertz CT molecular complexity index is 1160. The number of ether oxygens (including phenoxy) is 2. The predicted octanol–water partition coefficient (Wildman–Crippen LogP) is 4.76. The average Bonchev–Trinajstić information content (AvgIpc) is 3.32. The predicted molar refractivity (Wildman–Crippen MR) is 130 cm³/mol. The van der Waals surface area contributed by atoms with E-state index < -0.39 is 35.3 Å². The summed E-state index contributed by atoms with van der Waals surface area (Å²) in [6.45, 7) is 4.19. The fraction of sp³-hybridized carbons (Fsp3) is 0.571. The molecule has 4 aliphatic carbocycles. The zero-order valence-electron chi connectivity index (χ0n) is 20.2. The molecule has 186 valence electrons. The molecule has 9 atom stereocenters. The van der Waals surface area contributed by atoms with Crippen LogP contribution in [0.1, 0.15) is 51.4 Å². The number of allylic oxidation sites excluding steroid dienone is 4. The van der Waals surface area contributed by atoms with Crippen LogP contribution in [0, 0.1) is 34.4 Å². The van der Waals surface area contributed by atoms with Gasteiger partial charge in [-0.15, -0.1) is 0 Å². The zero-order valence-corrected chi connectivity index (χ0v) is 21.0. The van der Waals surface area contributed by atoms with Crippen molar-refractivity contribution in [1.29, 1.82) is 0 Å². The molecular formula is C28H31FO5S. The van der Waals surface area contributed by atoms with Crippen LogP contribution in [-0.4, -0.2) is 40.1 Å². The second-order valence-electron chi connectivity index (χ2n) is 11.3. The first-order valence-corrected chi connectivity index (χ1v) is 13.7. The Hall–Kier alpha value is -1.80. The topological polar surface area (TPSA) is 72.8 Å². The molecule has 0 radical (unpaired) electrons. The largest absolute Gasteiger partial charge is 0.393 e. The Morgan fingerprint density at radius 1 is 1.26 bits per heavy atom. The summed E-state index contributed by atoms with van der Waals surface area (Å²) >= 11 is 1.12. The third-order valence-corrected chi connectivity index (χ3v) is 10.6. The minimum absolute atomic E-state index is 0.00645. The molecule has 0 aromatic heterocycles. The lowest BCUT2D eigenvalue weighted by Gasteiger charge is -2.59. The Kier molecular flexibility index (Phi) is 5.29. The molecule has 7 heteroatoms. The summed E-state index contributed by atoms with van der Waals surface area (Å²) in [7, 11) is 0. The fourth-order valence-corrected chi connectivity index (χ4v) is 9.09. The van der Waals surface area contributed by atoms with Gasteiger partial charge in [0.2, 0.25) is 5.12 Å². The normalized spacial score (nSPS) is 45.9. The number of carbonyl (C=O) groups is 2. The summed E-state index contributed by atoms with van der Waals surface area (Å²) in [6.07, 6.45) is 7.59. The highest BCUT2D eigenvalue weighted by molar-refractivity contribution is 8.13. The lowest BCUT2D eigenvalue weighted by molar-refractivity contribution is -0.195. The number of aliphatic hydroxyl groups excluding tert-OH is 1. The number of aliphatic hydroxyl groups is 1. The first kappa shape index (κ1) is 23.6. The quantitative estimate of drug-likeness (QED) is 0.634. The van der Waals surface area contributed by atoms with E-state index in [4.69, 9.17) is 9.47 Å². The van der Waals surface area contributed by atoms with E-state index >= 15 is 0 Å². The van der Waals surface area contributed by atoms with Crippen molar-refractivity contribution in [2.45, 2.75) is 63.6 Å². The van der Waals surface area contributed by atoms with E-state index in [1.54, 1.807) is 36.6 Å². The SMILES string of the molecule is CSC(=O)[C@@]12OC(c3ccccc3F)O[C@@H]1C[C@H]1[C@@H]3CCC4=CC(=O)C=C[C@]4(C)[C@H]3[C@@H](O)C[C@@]12C. The Balaban J connectivity index is 1.41. The number of ketones is 1. The van der Waals surface area contributed by atoms with Crippen LogP contribution in [0.2, 0.25) is 0 Å². The van der Waals surface area contributed by atoms with Gasteiger partial charge in [0.25, 0.3) is 0 Å². The maximum Gasteiger partial charge on any atom is 0.223 e. The van der Waals surface area contributed by atoms with Gasteiger partial charge in [-0.2, -0.15) is 0 Å². The van der Waals surface area contributed by atoms with Crippen molar-refractivity contribution in [1.82, 2.24) is 0 Å². The lowest BCUT2D eigenvalue weighted by atomic mass is 9.46. The van der Waals surface area contributed by atoms with Gasteiger partial charge >= 0.3 is 0 Å². The molecule has 1 aliphatic heterocycles. The summed E-state index contributed by atoms with van der Waals surface area (Å²) in [5, 5.41) is 11.6. The zero-order chi connectivity index (χ0) is 24.8. The van der Waals surface area contributed by atoms with E-state index in [1.807, 2.05) is 6.08 Å². The second kappa shape index (κ2) is 7.85. The van der Waals surface area contributed by atoms with Crippen LogP contribution in [0.15, 0.2) is 48.1 Å². The number of benzene rings is 1. The molecule has 1 unspecified atom stereocenters. The van der Waals surface area contributed by atoms with Crippen molar-refractivity contribution < 1.29 is 28.6 Å². The molecule has 0 spiro atoms. The molecule has 3 saturated carbocycles. The maximum absolute atomic E-state index is 14.6. The van der Waals surface area contributed by atoms with Crippen LogP contribution in [-0.2, 0) is 19.1 Å². The van der Waals surface area contributed by atoms with Crippen molar-refractivity contribution in [3.8, 4) is 0 Å². The maximum atomic E-state index is 14.6. The minimum atomic E-state index is -1.26. The second-order valence-corrected chi connectivity index (χ2v) is 12.0. The number of thioether (sulfide) groups is 1. The summed E-state index contributed by atoms with van der Waals surface area (Å²) in [5.74, 6) is -0.213. The minimum Gasteiger partial charge on any atom is -0.393 e. The number of halogens is 1. The van der Waals surface area contributed by atoms with E-state index in [-0.39, 0.29) is 34.1 Å². The third-order valence-electron chi connectivity index (χ3n) is 9.88. The summed E-state index contributed by atoms with van der Waals surface area (Å²) in [5.41, 5.74) is -0.922. The first-order chi connectivity index (χ1) is 16.7. The van der Waals surface area contributed by atoms with Crippen LogP contribution >= 0.6 is 11.8 Å². The van der Waals surface area contributed by atoms with Crippen LogP contribution in [0.3, 0.4) is 0 Å². The van der Waals surface area contributed by atoms with Crippen LogP contribution in [0.4, 0.5) is 4.39 Å². The van der Waals surface area contributed by atoms with E-state index in [0.717, 1.165) is 30.2 Å². The molecule has 5 aliphatic rings. The van der Waals surface area contributed by atoms with Crippen molar-refractivity contribution in [3.05, 3.63) is 59.4 Å². The van der Waals surface area contributed by atoms with Gasteiger partial charge < -0.3 is 14.6 Å². The molecule has 1 aromatic rings. The van der Waals surface area contributed by atoms with Crippen LogP contribution in [0.5, 0.6) is 0 Å². The van der Waals surface area contributed by atoms with Gasteiger partial charge in [-0.05, 0) is 62.0 Å². The van der Waals surface area contributed by atoms with Gasteiger partial charge in [0.1, 0.15) is 5.82 Å². The average molecular weight is 499 g/mol. The smallest absolute Gasteiger partial charge is 0.223 e. The van der Waals surface area contributed by atoms with Crippen molar-refractivity contribution in [2.75, 3.05) is 6.26 Å². The first-order valence-electron chi connectivity index (χ1n) is 12.4. The molecule has 1 N–H and O–H groups in total. The number of carbonyl (C=O) groups excluding carboxylic acids is 2. The summed E-state index contributed by atoms with van der Waals surface area (Å²) < 4.78 is 27.5. The molecule has 5 nitrogen and oxygen atoms in total. The molecular weight excluding hydrogens is 467 g/mol. The van der Waals surface area contributed by atoms with Gasteiger partial charge in [-0.1, -0.05) is 55.5 Å². The van der Waals surface area contributed by atoms with E-state index in [2.05, 4.69) is 13.8 Å². The van der Waals surface area contributed by atoms with Crippen LogP contribution in [0.25, 0.3) is 0 Å². The Labute approximate surface area is 209 Å². The van der Waals surface area contributed by atoms with Crippen molar-refractivity contribution >= 4 is 22.7 Å². The van der Waals surface area contributed by atoms with Gasteiger partial charge in [-0.3, -0.25) is 9.59 Å². The summed E-state index contributed by atoms with van der Waals surface area (Å²) in [6, 6.07) is 6.36. The highest BCUT2D eigenvalue weighted by Crippen LogP contribution is 2.71. The molecule has 0 bridgehead atoms. The monoisotopic (exact) mass is 498 g/mol. The number of hydrogen-bond acceptors (Lipinski definition) is 6. The highest BCUT2D eigenvalue weighted by atomic mass is 32.2. The molecule has 1 aromatic carbocycles. The molecule has 6 rings (SSSR count). The Morgan fingerprint density at radius 2 is 2.03 bits per heavy atom. The molecule has 4 fully saturated rings.